The normalized spacial score (nSPS) is 9.88. The zero-order valence-electron chi connectivity index (χ0n) is 11.0. The summed E-state index contributed by atoms with van der Waals surface area (Å²) in [5.41, 5.74) is 0. The zero-order valence-corrected chi connectivity index (χ0v) is 11.0. The van der Waals surface area contributed by atoms with E-state index in [-0.39, 0.29) is 13.2 Å². The van der Waals surface area contributed by atoms with Gasteiger partial charge in [-0.1, -0.05) is 32.1 Å². The van der Waals surface area contributed by atoms with Crippen LogP contribution in [0.15, 0.2) is 0 Å². The molecule has 0 radical (unpaired) electrons. The lowest BCUT2D eigenvalue weighted by Gasteiger charge is -1.95. The first kappa shape index (κ1) is 19.2. The zero-order chi connectivity index (χ0) is 13.2. The first-order valence-electron chi connectivity index (χ1n) is 6.76. The monoisotopic (exact) mass is 250 g/mol. The minimum Gasteiger partial charge on any atom is -0.396 e. The molecular formula is C13H30O4. The third-order valence-corrected chi connectivity index (χ3v) is 2.38. The van der Waals surface area contributed by atoms with Gasteiger partial charge in [0.1, 0.15) is 0 Å². The van der Waals surface area contributed by atoms with Crippen molar-refractivity contribution in [3.63, 3.8) is 0 Å². The maximum atomic E-state index is 8.37. The Bertz CT molecular complexity index is 97.6. The van der Waals surface area contributed by atoms with E-state index in [0.29, 0.717) is 13.2 Å². The third-order valence-electron chi connectivity index (χ3n) is 2.38. The van der Waals surface area contributed by atoms with Gasteiger partial charge in [0.05, 0.1) is 0 Å². The number of aliphatic hydroxyl groups excluding tert-OH is 4. The molecular weight excluding hydrogens is 220 g/mol. The summed E-state index contributed by atoms with van der Waals surface area (Å²) >= 11 is 0. The van der Waals surface area contributed by atoms with E-state index in [1.165, 1.54) is 0 Å². The fourth-order valence-corrected chi connectivity index (χ4v) is 1.33. The summed E-state index contributed by atoms with van der Waals surface area (Å²) in [7, 11) is 0. The molecule has 0 heterocycles. The first-order chi connectivity index (χ1) is 8.33. The molecule has 0 amide bonds. The highest BCUT2D eigenvalue weighted by Gasteiger charge is 1.87. The van der Waals surface area contributed by atoms with E-state index >= 15 is 0 Å². The predicted molar refractivity (Wildman–Crippen MR) is 69.9 cm³/mol. The average Bonchev–Trinajstić information content (AvgIpc) is 2.36. The highest BCUT2D eigenvalue weighted by molar-refractivity contribution is 4.41. The molecule has 0 spiro atoms. The van der Waals surface area contributed by atoms with Crippen LogP contribution in [0.2, 0.25) is 0 Å². The SMILES string of the molecule is OCCCCCCCO.OCCCCCCO. The van der Waals surface area contributed by atoms with Crippen molar-refractivity contribution in [2.24, 2.45) is 0 Å². The molecule has 4 N–H and O–H groups in total. The van der Waals surface area contributed by atoms with E-state index < -0.39 is 0 Å². The average molecular weight is 250 g/mol. The van der Waals surface area contributed by atoms with E-state index in [2.05, 4.69) is 0 Å². The van der Waals surface area contributed by atoms with Crippen LogP contribution in [0.3, 0.4) is 0 Å². The van der Waals surface area contributed by atoms with E-state index in [1.54, 1.807) is 0 Å². The van der Waals surface area contributed by atoms with Crippen LogP contribution < -0.4 is 0 Å². The summed E-state index contributed by atoms with van der Waals surface area (Å²) in [5.74, 6) is 0. The van der Waals surface area contributed by atoms with Gasteiger partial charge < -0.3 is 20.4 Å². The summed E-state index contributed by atoms with van der Waals surface area (Å²) in [4.78, 5) is 0. The van der Waals surface area contributed by atoms with Crippen molar-refractivity contribution < 1.29 is 20.4 Å². The van der Waals surface area contributed by atoms with Crippen molar-refractivity contribution in [2.75, 3.05) is 26.4 Å². The van der Waals surface area contributed by atoms with Gasteiger partial charge in [0, 0.05) is 26.4 Å². The Hall–Kier alpha value is -0.160. The fraction of sp³-hybridized carbons (Fsp3) is 1.00. The number of hydrogen-bond acceptors (Lipinski definition) is 4. The summed E-state index contributed by atoms with van der Waals surface area (Å²) < 4.78 is 0. The molecule has 17 heavy (non-hydrogen) atoms. The van der Waals surface area contributed by atoms with Crippen LogP contribution in [0.4, 0.5) is 0 Å². The van der Waals surface area contributed by atoms with Gasteiger partial charge in [-0.05, 0) is 25.7 Å². The fourth-order valence-electron chi connectivity index (χ4n) is 1.33. The Labute approximate surface area is 105 Å². The molecule has 0 aliphatic carbocycles. The van der Waals surface area contributed by atoms with Gasteiger partial charge in [-0.2, -0.15) is 0 Å². The maximum absolute atomic E-state index is 8.37. The van der Waals surface area contributed by atoms with Gasteiger partial charge in [-0.15, -0.1) is 0 Å². The van der Waals surface area contributed by atoms with Gasteiger partial charge >= 0.3 is 0 Å². The molecule has 0 aromatic rings. The minimum absolute atomic E-state index is 0.283. The van der Waals surface area contributed by atoms with Gasteiger partial charge in [0.25, 0.3) is 0 Å². The van der Waals surface area contributed by atoms with Crippen LogP contribution in [0.25, 0.3) is 0 Å². The summed E-state index contributed by atoms with van der Waals surface area (Å²) in [6.07, 6.45) is 8.97. The lowest BCUT2D eigenvalue weighted by atomic mass is 10.2. The van der Waals surface area contributed by atoms with Gasteiger partial charge in [-0.25, -0.2) is 0 Å². The van der Waals surface area contributed by atoms with Gasteiger partial charge in [-0.3, -0.25) is 0 Å². The smallest absolute Gasteiger partial charge is 0.0431 e. The van der Waals surface area contributed by atoms with Crippen LogP contribution in [0.5, 0.6) is 0 Å². The molecule has 0 atom stereocenters. The van der Waals surface area contributed by atoms with Crippen molar-refractivity contribution >= 4 is 0 Å². The van der Waals surface area contributed by atoms with Crippen LogP contribution in [0.1, 0.15) is 57.8 Å². The number of unbranched alkanes of at least 4 members (excludes halogenated alkanes) is 7. The van der Waals surface area contributed by atoms with Gasteiger partial charge in [0.2, 0.25) is 0 Å². The molecule has 0 aromatic heterocycles. The van der Waals surface area contributed by atoms with Crippen molar-refractivity contribution in [2.45, 2.75) is 57.8 Å². The second-order valence-corrected chi connectivity index (χ2v) is 4.08. The Morgan fingerprint density at radius 3 is 0.647 bits per heavy atom. The molecule has 0 saturated carbocycles. The van der Waals surface area contributed by atoms with Crippen LogP contribution in [-0.4, -0.2) is 46.9 Å². The lowest BCUT2D eigenvalue weighted by molar-refractivity contribution is 0.265. The van der Waals surface area contributed by atoms with E-state index in [1.807, 2.05) is 0 Å². The van der Waals surface area contributed by atoms with E-state index in [4.69, 9.17) is 20.4 Å². The van der Waals surface area contributed by atoms with Crippen LogP contribution in [-0.2, 0) is 0 Å². The minimum atomic E-state index is 0.283. The van der Waals surface area contributed by atoms with Crippen molar-refractivity contribution in [3.05, 3.63) is 0 Å². The highest BCUT2D eigenvalue weighted by Crippen LogP contribution is 2.00. The Balaban J connectivity index is 0. The Kier molecular flexibility index (Phi) is 23.9. The molecule has 0 fully saturated rings. The standard InChI is InChI=1S/C7H16O2.C6H14O2/c8-6-4-2-1-3-5-7-9;7-5-3-1-2-4-6-8/h8-9H,1-7H2;7-8H,1-6H2. The molecule has 0 aliphatic rings. The van der Waals surface area contributed by atoms with Crippen molar-refractivity contribution in [1.29, 1.82) is 0 Å². The molecule has 0 bridgehead atoms. The quantitative estimate of drug-likeness (QED) is 0.418. The molecule has 0 aromatic carbocycles. The third kappa shape index (κ3) is 25.8. The van der Waals surface area contributed by atoms with Crippen molar-refractivity contribution in [3.8, 4) is 0 Å². The predicted octanol–water partition coefficient (Wildman–Crippen LogP) is 1.45. The molecule has 0 aliphatic heterocycles. The van der Waals surface area contributed by atoms with Crippen LogP contribution in [0, 0.1) is 0 Å². The second-order valence-electron chi connectivity index (χ2n) is 4.08. The molecule has 0 saturated heterocycles. The number of hydrogen-bond donors (Lipinski definition) is 4. The second kappa shape index (κ2) is 21.2. The molecule has 106 valence electrons. The first-order valence-corrected chi connectivity index (χ1v) is 6.76. The highest BCUT2D eigenvalue weighted by atomic mass is 16.3. The summed E-state index contributed by atoms with van der Waals surface area (Å²) in [5, 5.41) is 33.4. The molecule has 4 heteroatoms. The maximum Gasteiger partial charge on any atom is 0.0431 e. The van der Waals surface area contributed by atoms with Crippen LogP contribution >= 0.6 is 0 Å². The molecule has 0 rings (SSSR count). The molecule has 0 unspecified atom stereocenters. The number of aliphatic hydroxyl groups is 4. The topological polar surface area (TPSA) is 80.9 Å². The Morgan fingerprint density at radius 2 is 0.471 bits per heavy atom. The van der Waals surface area contributed by atoms with E-state index in [0.717, 1.165) is 57.8 Å². The van der Waals surface area contributed by atoms with E-state index in [9.17, 15) is 0 Å². The summed E-state index contributed by atoms with van der Waals surface area (Å²) in [6, 6.07) is 0. The summed E-state index contributed by atoms with van der Waals surface area (Å²) in [6.45, 7) is 1.18. The Morgan fingerprint density at radius 1 is 0.294 bits per heavy atom. The van der Waals surface area contributed by atoms with Gasteiger partial charge in [0.15, 0.2) is 0 Å². The molecule has 4 nitrogen and oxygen atoms in total. The van der Waals surface area contributed by atoms with Crippen molar-refractivity contribution in [1.82, 2.24) is 0 Å². The number of rotatable bonds is 11. The lowest BCUT2D eigenvalue weighted by Crippen LogP contribution is -1.85. The largest absolute Gasteiger partial charge is 0.396 e.